The first-order chi connectivity index (χ1) is 14.0. The van der Waals surface area contributed by atoms with Crippen molar-refractivity contribution >= 4 is 38.1 Å². The van der Waals surface area contributed by atoms with Gasteiger partial charge in [-0.1, -0.05) is 66.8 Å². The molecule has 0 bridgehead atoms. The van der Waals surface area contributed by atoms with Crippen molar-refractivity contribution in [1.29, 1.82) is 0 Å². The molecule has 152 valence electrons. The van der Waals surface area contributed by atoms with Crippen molar-refractivity contribution in [2.75, 3.05) is 16.2 Å². The molecule has 0 fully saturated rings. The van der Waals surface area contributed by atoms with Crippen LogP contribution in [0.3, 0.4) is 0 Å². The third-order valence-electron chi connectivity index (χ3n) is 4.41. The van der Waals surface area contributed by atoms with E-state index in [9.17, 15) is 13.2 Å². The van der Waals surface area contributed by atoms with Crippen LogP contribution in [0.15, 0.2) is 65.0 Å². The lowest BCUT2D eigenvalue weighted by Gasteiger charge is -2.20. The number of aromatic nitrogens is 2. The van der Waals surface area contributed by atoms with E-state index in [1.807, 2.05) is 43.3 Å². The molecule has 3 aromatic rings. The first kappa shape index (κ1) is 20.9. The Bertz CT molecular complexity index is 1050. The fourth-order valence-corrected chi connectivity index (χ4v) is 5.47. The van der Waals surface area contributed by atoms with Crippen molar-refractivity contribution in [3.05, 3.63) is 66.2 Å². The average Bonchev–Trinajstić information content (AvgIpc) is 3.20. The number of carbonyl (C=O) groups is 1. The minimum atomic E-state index is -3.87. The molecule has 3 rings (SSSR count). The Morgan fingerprint density at radius 3 is 2.24 bits per heavy atom. The van der Waals surface area contributed by atoms with Gasteiger partial charge in [-0.15, -0.1) is 10.2 Å². The molecule has 0 aliphatic rings. The van der Waals surface area contributed by atoms with Crippen molar-refractivity contribution in [2.45, 2.75) is 30.5 Å². The number of rotatable bonds is 8. The molecule has 0 aliphatic heterocycles. The molecule has 0 spiro atoms. The second-order valence-corrected chi connectivity index (χ2v) is 9.25. The quantitative estimate of drug-likeness (QED) is 0.548. The maximum Gasteiger partial charge on any atom is 0.293 e. The number of sulfonamides is 1. The summed E-state index contributed by atoms with van der Waals surface area (Å²) in [5, 5.41) is 10.6. The van der Waals surface area contributed by atoms with Gasteiger partial charge in [-0.3, -0.25) is 14.4 Å². The molecule has 1 heterocycles. The molecular weight excluding hydrogens is 408 g/mol. The van der Waals surface area contributed by atoms with Gasteiger partial charge in [-0.25, -0.2) is 0 Å². The van der Waals surface area contributed by atoms with Gasteiger partial charge in [-0.2, -0.15) is 8.42 Å². The first-order valence-electron chi connectivity index (χ1n) is 9.24. The van der Waals surface area contributed by atoms with E-state index in [4.69, 9.17) is 0 Å². The maximum absolute atomic E-state index is 13.0. The second-order valence-electron chi connectivity index (χ2n) is 6.24. The van der Waals surface area contributed by atoms with Gasteiger partial charge in [0.15, 0.2) is 0 Å². The summed E-state index contributed by atoms with van der Waals surface area (Å²) in [6, 6.07) is 18.2. The van der Waals surface area contributed by atoms with Crippen molar-refractivity contribution in [3.8, 4) is 0 Å². The van der Waals surface area contributed by atoms with Crippen molar-refractivity contribution in [2.24, 2.45) is 0 Å². The molecule has 1 N–H and O–H groups in total. The van der Waals surface area contributed by atoms with E-state index in [0.717, 1.165) is 16.9 Å². The molecule has 2 aromatic carbocycles. The Morgan fingerprint density at radius 2 is 1.66 bits per heavy atom. The predicted molar refractivity (Wildman–Crippen MR) is 115 cm³/mol. The van der Waals surface area contributed by atoms with Gasteiger partial charge in [0.1, 0.15) is 0 Å². The molecule has 9 heteroatoms. The fourth-order valence-electron chi connectivity index (χ4n) is 2.99. The minimum absolute atomic E-state index is 0.159. The van der Waals surface area contributed by atoms with Gasteiger partial charge in [0.05, 0.1) is 11.6 Å². The molecule has 1 amide bonds. The first-order valence-corrected chi connectivity index (χ1v) is 11.5. The van der Waals surface area contributed by atoms with E-state index in [1.54, 1.807) is 31.2 Å². The summed E-state index contributed by atoms with van der Waals surface area (Å²) >= 11 is 0.846. The number of benzene rings is 2. The number of nitrogens with zero attached hydrogens (tertiary/aromatic N) is 3. The monoisotopic (exact) mass is 430 g/mol. The topological polar surface area (TPSA) is 92.3 Å². The zero-order chi connectivity index (χ0) is 20.9. The van der Waals surface area contributed by atoms with E-state index in [0.29, 0.717) is 12.1 Å². The SMILES string of the molecule is CC[C@H](C(=O)Nc1nnc(S(=O)(=O)N(CC)c2ccccc2)s1)c1ccccc1. The molecule has 1 atom stereocenters. The standard InChI is InChI=1S/C20H22N4O3S2/c1-3-17(15-11-7-5-8-12-15)18(25)21-19-22-23-20(28-19)29(26,27)24(4-2)16-13-9-6-10-14-16/h5-14,17H,3-4H2,1-2H3,(H,21,22,25)/t17-/m0/s1. The van der Waals surface area contributed by atoms with Crippen LogP contribution in [0.25, 0.3) is 0 Å². The van der Waals surface area contributed by atoms with Crippen molar-refractivity contribution in [1.82, 2.24) is 10.2 Å². The third kappa shape index (κ3) is 4.63. The van der Waals surface area contributed by atoms with E-state index in [2.05, 4.69) is 15.5 Å². The second kappa shape index (κ2) is 9.15. The summed E-state index contributed by atoms with van der Waals surface area (Å²) in [4.78, 5) is 12.7. The zero-order valence-corrected chi connectivity index (χ0v) is 17.8. The lowest BCUT2D eigenvalue weighted by molar-refractivity contribution is -0.117. The largest absolute Gasteiger partial charge is 0.300 e. The number of amides is 1. The Balaban J connectivity index is 1.80. The highest BCUT2D eigenvalue weighted by molar-refractivity contribution is 7.94. The Labute approximate surface area is 174 Å². The highest BCUT2D eigenvalue weighted by Gasteiger charge is 2.29. The summed E-state index contributed by atoms with van der Waals surface area (Å²) < 4.78 is 27.1. The molecule has 1 aromatic heterocycles. The fraction of sp³-hybridized carbons (Fsp3) is 0.250. The molecule has 0 aliphatic carbocycles. The molecule has 0 saturated carbocycles. The van der Waals surface area contributed by atoms with Crippen LogP contribution < -0.4 is 9.62 Å². The number of hydrogen-bond acceptors (Lipinski definition) is 6. The van der Waals surface area contributed by atoms with Gasteiger partial charge in [-0.05, 0) is 31.0 Å². The Kier molecular flexibility index (Phi) is 6.60. The Hall–Kier alpha value is -2.78. The van der Waals surface area contributed by atoms with Crippen LogP contribution in [0.2, 0.25) is 0 Å². The summed E-state index contributed by atoms with van der Waals surface area (Å²) in [6.45, 7) is 3.92. The van der Waals surface area contributed by atoms with Crippen LogP contribution in [0, 0.1) is 0 Å². The molecule has 0 saturated heterocycles. The highest BCUT2D eigenvalue weighted by atomic mass is 32.2. The normalized spacial score (nSPS) is 12.3. The smallest absolute Gasteiger partial charge is 0.293 e. The van der Waals surface area contributed by atoms with E-state index >= 15 is 0 Å². The molecule has 0 radical (unpaired) electrons. The maximum atomic E-state index is 13.0. The van der Waals surface area contributed by atoms with Crippen LogP contribution >= 0.6 is 11.3 Å². The number of para-hydroxylation sites is 1. The molecule has 7 nitrogen and oxygen atoms in total. The number of anilines is 2. The average molecular weight is 431 g/mol. The van der Waals surface area contributed by atoms with Crippen LogP contribution in [0.5, 0.6) is 0 Å². The van der Waals surface area contributed by atoms with E-state index in [1.165, 1.54) is 4.31 Å². The number of carbonyl (C=O) groups excluding carboxylic acids is 1. The number of nitrogens with one attached hydrogen (secondary N) is 1. The van der Waals surface area contributed by atoms with Gasteiger partial charge in [0.2, 0.25) is 11.0 Å². The predicted octanol–water partition coefficient (Wildman–Crippen LogP) is 3.89. The van der Waals surface area contributed by atoms with Crippen LogP contribution in [-0.2, 0) is 14.8 Å². The summed E-state index contributed by atoms with van der Waals surface area (Å²) in [5.74, 6) is -0.592. The van der Waals surface area contributed by atoms with Crippen LogP contribution in [0.4, 0.5) is 10.8 Å². The summed E-state index contributed by atoms with van der Waals surface area (Å²) in [6.07, 6.45) is 0.609. The zero-order valence-electron chi connectivity index (χ0n) is 16.1. The van der Waals surface area contributed by atoms with Gasteiger partial charge >= 0.3 is 0 Å². The van der Waals surface area contributed by atoms with Crippen molar-refractivity contribution in [3.63, 3.8) is 0 Å². The van der Waals surface area contributed by atoms with Crippen LogP contribution in [-0.4, -0.2) is 31.1 Å². The van der Waals surface area contributed by atoms with E-state index in [-0.39, 0.29) is 27.8 Å². The molecule has 0 unspecified atom stereocenters. The lowest BCUT2D eigenvalue weighted by atomic mass is 9.96. The summed E-state index contributed by atoms with van der Waals surface area (Å²) in [5.41, 5.74) is 1.44. The van der Waals surface area contributed by atoms with Gasteiger partial charge in [0.25, 0.3) is 14.4 Å². The van der Waals surface area contributed by atoms with Crippen LogP contribution in [0.1, 0.15) is 31.7 Å². The van der Waals surface area contributed by atoms with Gasteiger partial charge in [0, 0.05) is 6.54 Å². The minimum Gasteiger partial charge on any atom is -0.300 e. The molecular formula is C20H22N4O3S2. The Morgan fingerprint density at radius 1 is 1.03 bits per heavy atom. The number of hydrogen-bond donors (Lipinski definition) is 1. The third-order valence-corrected chi connectivity index (χ3v) is 7.49. The van der Waals surface area contributed by atoms with E-state index < -0.39 is 10.0 Å². The van der Waals surface area contributed by atoms with Crippen molar-refractivity contribution < 1.29 is 13.2 Å². The summed E-state index contributed by atoms with van der Waals surface area (Å²) in [7, 11) is -3.87. The highest BCUT2D eigenvalue weighted by Crippen LogP contribution is 2.28. The molecule has 29 heavy (non-hydrogen) atoms. The van der Waals surface area contributed by atoms with Gasteiger partial charge < -0.3 is 0 Å². The lowest BCUT2D eigenvalue weighted by Crippen LogP contribution is -2.30.